The largest absolute Gasteiger partial charge is 0.390 e. The van der Waals surface area contributed by atoms with Crippen molar-refractivity contribution in [2.24, 2.45) is 0 Å². The molecule has 0 aliphatic carbocycles. The summed E-state index contributed by atoms with van der Waals surface area (Å²) in [4.78, 5) is -0.666. The van der Waals surface area contributed by atoms with Gasteiger partial charge in [0.05, 0.1) is 6.42 Å². The Morgan fingerprint density at radius 3 is 1.82 bits per heavy atom. The zero-order chi connectivity index (χ0) is 13.4. The topological polar surface area (TPSA) is 0 Å². The molecule has 17 heavy (non-hydrogen) atoms. The van der Waals surface area contributed by atoms with Gasteiger partial charge in [0.2, 0.25) is 0 Å². The Morgan fingerprint density at radius 2 is 1.47 bits per heavy atom. The van der Waals surface area contributed by atoms with E-state index in [0.717, 1.165) is 27.8 Å². The van der Waals surface area contributed by atoms with E-state index in [1.54, 1.807) is 0 Å². The summed E-state index contributed by atoms with van der Waals surface area (Å²) in [5.74, 6) is 0. The van der Waals surface area contributed by atoms with Crippen molar-refractivity contribution in [2.45, 2.75) is 45.1 Å². The summed E-state index contributed by atoms with van der Waals surface area (Å²) >= 11 is 3.17. The van der Waals surface area contributed by atoms with Crippen molar-refractivity contribution in [3.8, 4) is 0 Å². The van der Waals surface area contributed by atoms with Crippen molar-refractivity contribution in [2.75, 3.05) is 0 Å². The minimum atomic E-state index is -4.15. The van der Waals surface area contributed by atoms with Crippen LogP contribution in [0.2, 0.25) is 0 Å². The molecule has 4 heteroatoms. The zero-order valence-electron chi connectivity index (χ0n) is 10.4. The Labute approximate surface area is 108 Å². The first kappa shape index (κ1) is 14.6. The molecule has 1 aromatic rings. The van der Waals surface area contributed by atoms with Crippen LogP contribution >= 0.6 is 15.9 Å². The number of benzene rings is 1. The number of hydrogen-bond donors (Lipinski definition) is 0. The van der Waals surface area contributed by atoms with Gasteiger partial charge >= 0.3 is 6.18 Å². The summed E-state index contributed by atoms with van der Waals surface area (Å²) in [6.07, 6.45) is -4.98. The monoisotopic (exact) mass is 308 g/mol. The van der Waals surface area contributed by atoms with Gasteiger partial charge in [-0.3, -0.25) is 0 Å². The molecule has 1 unspecified atom stereocenters. The van der Waals surface area contributed by atoms with Crippen molar-refractivity contribution < 1.29 is 13.2 Å². The summed E-state index contributed by atoms with van der Waals surface area (Å²) in [7, 11) is 0. The predicted octanol–water partition coefficient (Wildman–Crippen LogP) is 5.31. The van der Waals surface area contributed by atoms with Gasteiger partial charge in [-0.15, -0.1) is 0 Å². The number of halogens is 4. The molecule has 0 spiro atoms. The molecule has 0 bridgehead atoms. The summed E-state index contributed by atoms with van der Waals surface area (Å²) in [6.45, 7) is 7.61. The van der Waals surface area contributed by atoms with E-state index in [2.05, 4.69) is 15.9 Å². The van der Waals surface area contributed by atoms with Gasteiger partial charge in [-0.05, 0) is 55.5 Å². The Morgan fingerprint density at radius 1 is 1.06 bits per heavy atom. The molecule has 0 nitrogen and oxygen atoms in total. The molecular formula is C13H16BrF3. The van der Waals surface area contributed by atoms with Crippen LogP contribution in [0.15, 0.2) is 6.07 Å². The van der Waals surface area contributed by atoms with E-state index in [0.29, 0.717) is 0 Å². The van der Waals surface area contributed by atoms with E-state index in [-0.39, 0.29) is 0 Å². The average Bonchev–Trinajstić information content (AvgIpc) is 2.12. The number of rotatable bonds is 2. The summed E-state index contributed by atoms with van der Waals surface area (Å²) < 4.78 is 37.3. The zero-order valence-corrected chi connectivity index (χ0v) is 12.0. The van der Waals surface area contributed by atoms with Gasteiger partial charge in [0.1, 0.15) is 0 Å². The van der Waals surface area contributed by atoms with Gasteiger partial charge in [-0.25, -0.2) is 0 Å². The maximum atomic E-state index is 12.4. The second kappa shape index (κ2) is 5.01. The van der Waals surface area contributed by atoms with E-state index in [4.69, 9.17) is 0 Å². The second-order valence-electron chi connectivity index (χ2n) is 4.46. The minimum Gasteiger partial charge on any atom is -0.171 e. The van der Waals surface area contributed by atoms with Crippen LogP contribution in [0.4, 0.5) is 13.2 Å². The van der Waals surface area contributed by atoms with Crippen LogP contribution in [0.5, 0.6) is 0 Å². The molecule has 0 saturated heterocycles. The van der Waals surface area contributed by atoms with Crippen molar-refractivity contribution >= 4 is 15.9 Å². The fourth-order valence-corrected chi connectivity index (χ4v) is 3.08. The fourth-order valence-electron chi connectivity index (χ4n) is 2.02. The van der Waals surface area contributed by atoms with Gasteiger partial charge in [0.15, 0.2) is 0 Å². The lowest BCUT2D eigenvalue weighted by molar-refractivity contribution is -0.134. The highest BCUT2D eigenvalue weighted by Gasteiger charge is 2.32. The first-order chi connectivity index (χ1) is 7.63. The highest BCUT2D eigenvalue weighted by Crippen LogP contribution is 2.39. The summed E-state index contributed by atoms with van der Waals surface area (Å²) in [5, 5.41) is 0. The lowest BCUT2D eigenvalue weighted by Crippen LogP contribution is -2.12. The first-order valence-electron chi connectivity index (χ1n) is 5.41. The summed E-state index contributed by atoms with van der Waals surface area (Å²) in [6, 6.07) is 2.02. The van der Waals surface area contributed by atoms with Gasteiger partial charge in [0.25, 0.3) is 0 Å². The van der Waals surface area contributed by atoms with E-state index in [1.165, 1.54) is 0 Å². The van der Waals surface area contributed by atoms with E-state index >= 15 is 0 Å². The quantitative estimate of drug-likeness (QED) is 0.650. The SMILES string of the molecule is Cc1cc(C)c(C)c(C(Br)CC(F)(F)F)c1C. The molecule has 0 radical (unpaired) electrons. The lowest BCUT2D eigenvalue weighted by Gasteiger charge is -2.20. The average molecular weight is 309 g/mol. The van der Waals surface area contributed by atoms with Crippen LogP contribution in [0.25, 0.3) is 0 Å². The fraction of sp³-hybridized carbons (Fsp3) is 0.538. The molecule has 96 valence electrons. The van der Waals surface area contributed by atoms with Crippen molar-refractivity contribution in [3.63, 3.8) is 0 Å². The number of alkyl halides is 4. The normalized spacial score (nSPS) is 13.9. The maximum Gasteiger partial charge on any atom is 0.390 e. The van der Waals surface area contributed by atoms with E-state index in [1.807, 2.05) is 33.8 Å². The Balaban J connectivity index is 3.21. The lowest BCUT2D eigenvalue weighted by atomic mass is 9.91. The molecule has 1 atom stereocenters. The minimum absolute atomic E-state index is 0.666. The molecule has 1 rings (SSSR count). The van der Waals surface area contributed by atoms with E-state index in [9.17, 15) is 13.2 Å². The van der Waals surface area contributed by atoms with Crippen LogP contribution in [-0.4, -0.2) is 6.18 Å². The standard InChI is InChI=1S/C13H16BrF3/c1-7-5-8(2)10(4)12(9(7)3)11(14)6-13(15,16)17/h5,11H,6H2,1-4H3. The first-order valence-corrected chi connectivity index (χ1v) is 6.33. The van der Waals surface area contributed by atoms with Crippen molar-refractivity contribution in [1.82, 2.24) is 0 Å². The molecule has 0 amide bonds. The van der Waals surface area contributed by atoms with Crippen LogP contribution < -0.4 is 0 Å². The predicted molar refractivity (Wildman–Crippen MR) is 67.7 cm³/mol. The Hall–Kier alpha value is -0.510. The molecule has 0 aliphatic rings. The highest BCUT2D eigenvalue weighted by molar-refractivity contribution is 9.09. The van der Waals surface area contributed by atoms with Gasteiger partial charge < -0.3 is 0 Å². The van der Waals surface area contributed by atoms with Crippen LogP contribution in [0, 0.1) is 27.7 Å². The van der Waals surface area contributed by atoms with Crippen LogP contribution in [-0.2, 0) is 0 Å². The Bertz CT molecular complexity index is 395. The molecule has 0 aliphatic heterocycles. The number of hydrogen-bond acceptors (Lipinski definition) is 0. The molecule has 0 fully saturated rings. The van der Waals surface area contributed by atoms with Gasteiger partial charge in [-0.2, -0.15) is 13.2 Å². The molecule has 0 saturated carbocycles. The van der Waals surface area contributed by atoms with Crippen LogP contribution in [0.1, 0.15) is 39.1 Å². The second-order valence-corrected chi connectivity index (χ2v) is 5.57. The highest BCUT2D eigenvalue weighted by atomic mass is 79.9. The van der Waals surface area contributed by atoms with Crippen molar-refractivity contribution in [1.29, 1.82) is 0 Å². The molecule has 1 aromatic carbocycles. The molecule has 0 N–H and O–H groups in total. The maximum absolute atomic E-state index is 12.4. The Kier molecular flexibility index (Phi) is 4.28. The molecule has 0 aromatic heterocycles. The summed E-state index contributed by atoms with van der Waals surface area (Å²) in [5.41, 5.74) is 4.74. The third-order valence-corrected chi connectivity index (χ3v) is 3.93. The van der Waals surface area contributed by atoms with E-state index < -0.39 is 17.4 Å². The van der Waals surface area contributed by atoms with Gasteiger partial charge in [-0.1, -0.05) is 22.0 Å². The number of aryl methyl sites for hydroxylation is 2. The van der Waals surface area contributed by atoms with Gasteiger partial charge in [0, 0.05) is 4.83 Å². The molecular weight excluding hydrogens is 293 g/mol. The van der Waals surface area contributed by atoms with Crippen molar-refractivity contribution in [3.05, 3.63) is 33.9 Å². The molecule has 0 heterocycles. The third kappa shape index (κ3) is 3.47. The smallest absolute Gasteiger partial charge is 0.171 e. The third-order valence-electron chi connectivity index (χ3n) is 3.15. The van der Waals surface area contributed by atoms with Crippen LogP contribution in [0.3, 0.4) is 0 Å².